The first kappa shape index (κ1) is 16.3. The van der Waals surface area contributed by atoms with E-state index in [1.165, 1.54) is 28.4 Å². The smallest absolute Gasteiger partial charge is 0.233 e. The zero-order valence-electron chi connectivity index (χ0n) is 12.2. The van der Waals surface area contributed by atoms with Crippen molar-refractivity contribution in [1.82, 2.24) is 14.9 Å². The maximum Gasteiger partial charge on any atom is 0.233 e. The van der Waals surface area contributed by atoms with Gasteiger partial charge in [-0.15, -0.1) is 11.3 Å². The first-order chi connectivity index (χ1) is 10.5. The number of nitrogens with zero attached hydrogens (tertiary/aromatic N) is 4. The number of carbonyl (C=O) groups is 1. The molecule has 0 aliphatic carbocycles. The van der Waals surface area contributed by atoms with Crippen molar-refractivity contribution in [2.45, 2.75) is 18.6 Å². The number of nitrogens with two attached hydrogens (primary N) is 1. The molecule has 2 aromatic rings. The molecule has 0 bridgehead atoms. The molecule has 0 atom stereocenters. The number of aromatic nitrogens is 2. The van der Waals surface area contributed by atoms with E-state index in [4.69, 9.17) is 11.0 Å². The number of thiophene rings is 1. The summed E-state index contributed by atoms with van der Waals surface area (Å²) in [4.78, 5) is 23.0. The normalized spacial score (nSPS) is 10.2. The predicted molar refractivity (Wildman–Crippen MR) is 87.4 cm³/mol. The minimum absolute atomic E-state index is 0.00988. The van der Waals surface area contributed by atoms with Gasteiger partial charge in [0.15, 0.2) is 5.16 Å². The molecule has 114 valence electrons. The SMILES string of the molecule is Cc1ccsc1CN(C)C(=O)CSc1ncc(C#N)c(N)n1. The third-order valence-corrected chi connectivity index (χ3v) is 4.87. The van der Waals surface area contributed by atoms with Crippen LogP contribution < -0.4 is 5.73 Å². The molecule has 0 aliphatic rings. The summed E-state index contributed by atoms with van der Waals surface area (Å²) >= 11 is 2.85. The second kappa shape index (κ2) is 7.24. The Kier molecular flexibility index (Phi) is 5.35. The molecule has 0 fully saturated rings. The average Bonchev–Trinajstić information content (AvgIpc) is 2.90. The summed E-state index contributed by atoms with van der Waals surface area (Å²) in [5.74, 6) is 0.353. The number of aryl methyl sites for hydroxylation is 1. The lowest BCUT2D eigenvalue weighted by Gasteiger charge is -2.16. The minimum Gasteiger partial charge on any atom is -0.382 e. The molecule has 6 nitrogen and oxygen atoms in total. The van der Waals surface area contributed by atoms with Crippen LogP contribution in [0.25, 0.3) is 0 Å². The monoisotopic (exact) mass is 333 g/mol. The highest BCUT2D eigenvalue weighted by molar-refractivity contribution is 7.99. The van der Waals surface area contributed by atoms with Crippen LogP contribution in [0.2, 0.25) is 0 Å². The van der Waals surface area contributed by atoms with Gasteiger partial charge in [-0.2, -0.15) is 5.26 Å². The zero-order chi connectivity index (χ0) is 16.1. The van der Waals surface area contributed by atoms with Crippen molar-refractivity contribution >= 4 is 34.8 Å². The molecule has 22 heavy (non-hydrogen) atoms. The third kappa shape index (κ3) is 3.96. The summed E-state index contributed by atoms with van der Waals surface area (Å²) in [6.45, 7) is 2.63. The highest BCUT2D eigenvalue weighted by Crippen LogP contribution is 2.19. The molecule has 0 radical (unpaired) electrons. The van der Waals surface area contributed by atoms with Crippen molar-refractivity contribution in [3.63, 3.8) is 0 Å². The van der Waals surface area contributed by atoms with E-state index in [9.17, 15) is 4.79 Å². The molecule has 0 saturated carbocycles. The van der Waals surface area contributed by atoms with E-state index in [1.54, 1.807) is 23.3 Å². The van der Waals surface area contributed by atoms with Gasteiger partial charge in [0.25, 0.3) is 0 Å². The van der Waals surface area contributed by atoms with Crippen LogP contribution in [0.5, 0.6) is 0 Å². The number of anilines is 1. The summed E-state index contributed by atoms with van der Waals surface area (Å²) in [7, 11) is 1.77. The number of nitriles is 1. The molecular formula is C14H15N5OS2. The fraction of sp³-hybridized carbons (Fsp3) is 0.286. The average molecular weight is 333 g/mol. The van der Waals surface area contributed by atoms with E-state index < -0.39 is 0 Å². The first-order valence-corrected chi connectivity index (χ1v) is 8.30. The van der Waals surface area contributed by atoms with E-state index in [0.29, 0.717) is 11.7 Å². The summed E-state index contributed by atoms with van der Waals surface area (Å²) in [5, 5.41) is 11.2. The Labute approximate surface area is 137 Å². The number of hydrogen-bond acceptors (Lipinski definition) is 7. The zero-order valence-corrected chi connectivity index (χ0v) is 13.9. The van der Waals surface area contributed by atoms with E-state index in [2.05, 4.69) is 9.97 Å². The van der Waals surface area contributed by atoms with Crippen LogP contribution in [0.4, 0.5) is 5.82 Å². The van der Waals surface area contributed by atoms with Crippen LogP contribution >= 0.6 is 23.1 Å². The van der Waals surface area contributed by atoms with E-state index in [0.717, 1.165) is 0 Å². The van der Waals surface area contributed by atoms with Gasteiger partial charge in [-0.1, -0.05) is 11.8 Å². The van der Waals surface area contributed by atoms with Crippen molar-refractivity contribution in [2.24, 2.45) is 0 Å². The molecule has 0 unspecified atom stereocenters. The molecule has 0 aliphatic heterocycles. The molecular weight excluding hydrogens is 318 g/mol. The minimum atomic E-state index is -0.00988. The molecule has 0 spiro atoms. The largest absolute Gasteiger partial charge is 0.382 e. The van der Waals surface area contributed by atoms with Crippen LogP contribution in [-0.4, -0.2) is 33.6 Å². The van der Waals surface area contributed by atoms with Gasteiger partial charge in [-0.05, 0) is 23.9 Å². The standard InChI is InChI=1S/C14H15N5OS2/c1-9-3-4-21-11(9)7-19(2)12(20)8-22-14-17-6-10(5-15)13(16)18-14/h3-4,6H,7-8H2,1-2H3,(H2,16,17,18). The van der Waals surface area contributed by atoms with Crippen LogP contribution in [0.15, 0.2) is 22.8 Å². The van der Waals surface area contributed by atoms with Crippen LogP contribution in [0.3, 0.4) is 0 Å². The Balaban J connectivity index is 1.91. The topological polar surface area (TPSA) is 95.9 Å². The van der Waals surface area contributed by atoms with Crippen molar-refractivity contribution in [2.75, 3.05) is 18.5 Å². The molecule has 0 aromatic carbocycles. The Morgan fingerprint density at radius 1 is 1.59 bits per heavy atom. The van der Waals surface area contributed by atoms with Gasteiger partial charge in [0.1, 0.15) is 17.5 Å². The van der Waals surface area contributed by atoms with Crippen LogP contribution in [0.1, 0.15) is 16.0 Å². The Bertz CT molecular complexity index is 722. The molecule has 8 heteroatoms. The maximum absolute atomic E-state index is 12.1. The van der Waals surface area contributed by atoms with E-state index in [-0.39, 0.29) is 23.0 Å². The highest BCUT2D eigenvalue weighted by atomic mass is 32.2. The van der Waals surface area contributed by atoms with Gasteiger partial charge in [-0.25, -0.2) is 9.97 Å². The first-order valence-electron chi connectivity index (χ1n) is 6.43. The van der Waals surface area contributed by atoms with Crippen LogP contribution in [0, 0.1) is 18.3 Å². The lowest BCUT2D eigenvalue weighted by atomic mass is 10.3. The number of carbonyl (C=O) groups excluding carboxylic acids is 1. The summed E-state index contributed by atoms with van der Waals surface area (Å²) in [6, 6.07) is 3.94. The fourth-order valence-corrected chi connectivity index (χ4v) is 3.36. The molecule has 2 aromatic heterocycles. The van der Waals surface area contributed by atoms with Crippen molar-refractivity contribution in [1.29, 1.82) is 5.26 Å². The van der Waals surface area contributed by atoms with Gasteiger partial charge in [0, 0.05) is 11.9 Å². The van der Waals surface area contributed by atoms with Gasteiger partial charge in [0.2, 0.25) is 5.91 Å². The number of rotatable bonds is 5. The number of hydrogen-bond donors (Lipinski definition) is 1. The fourth-order valence-electron chi connectivity index (χ4n) is 1.64. The van der Waals surface area contributed by atoms with Crippen LogP contribution in [-0.2, 0) is 11.3 Å². The van der Waals surface area contributed by atoms with E-state index >= 15 is 0 Å². The summed E-state index contributed by atoms with van der Waals surface area (Å²) in [5.41, 5.74) is 7.06. The Hall–Kier alpha value is -2.11. The van der Waals surface area contributed by atoms with Crippen molar-refractivity contribution < 1.29 is 4.79 Å². The maximum atomic E-state index is 12.1. The van der Waals surface area contributed by atoms with Gasteiger partial charge < -0.3 is 10.6 Å². The quantitative estimate of drug-likeness (QED) is 0.664. The predicted octanol–water partition coefficient (Wildman–Crippen LogP) is 2.05. The number of nitrogen functional groups attached to an aromatic ring is 1. The summed E-state index contributed by atoms with van der Waals surface area (Å²) < 4.78 is 0. The second-order valence-corrected chi connectivity index (χ2v) is 6.57. The third-order valence-electron chi connectivity index (χ3n) is 3.02. The second-order valence-electron chi connectivity index (χ2n) is 4.63. The molecule has 2 N–H and O–H groups in total. The lowest BCUT2D eigenvalue weighted by Crippen LogP contribution is -2.27. The van der Waals surface area contributed by atoms with Crippen molar-refractivity contribution in [3.8, 4) is 6.07 Å². The van der Waals surface area contributed by atoms with Gasteiger partial charge in [0.05, 0.1) is 18.5 Å². The lowest BCUT2D eigenvalue weighted by molar-refractivity contribution is -0.127. The van der Waals surface area contributed by atoms with Crippen molar-refractivity contribution in [3.05, 3.63) is 33.6 Å². The van der Waals surface area contributed by atoms with Gasteiger partial charge in [-0.3, -0.25) is 4.79 Å². The molecule has 0 saturated heterocycles. The Morgan fingerprint density at radius 2 is 2.36 bits per heavy atom. The summed E-state index contributed by atoms with van der Waals surface area (Å²) in [6.07, 6.45) is 1.37. The number of amides is 1. The molecule has 2 rings (SSSR count). The van der Waals surface area contributed by atoms with E-state index in [1.807, 2.05) is 24.4 Å². The molecule has 1 amide bonds. The highest BCUT2D eigenvalue weighted by Gasteiger charge is 2.13. The number of thioether (sulfide) groups is 1. The van der Waals surface area contributed by atoms with Gasteiger partial charge >= 0.3 is 0 Å². The Morgan fingerprint density at radius 3 is 2.95 bits per heavy atom. The molecule has 2 heterocycles.